The summed E-state index contributed by atoms with van der Waals surface area (Å²) in [6, 6.07) is 0. The Morgan fingerprint density at radius 3 is 0.600 bits per heavy atom. The summed E-state index contributed by atoms with van der Waals surface area (Å²) in [6.07, 6.45) is 0. The first kappa shape index (κ1) is 740. The van der Waals surface area contributed by atoms with Crippen LogP contribution in [0.1, 0.15) is 0 Å². The van der Waals surface area contributed by atoms with Crippen molar-refractivity contribution in [2.75, 3.05) is 0 Å². The minimum Gasteiger partial charge on any atom is -0.870 e. The number of hydrogen-bond donors (Lipinski definition) is 0. The molecule has 3 N–H and O–H groups in total. The van der Waals surface area contributed by atoms with Crippen LogP contribution in [0.3, 0.4) is 0 Å². The quantitative estimate of drug-likeness (QED) is 0.357. The van der Waals surface area contributed by atoms with Crippen LogP contribution in [0.5, 0.6) is 0 Å². The Balaban J connectivity index is 0. The Morgan fingerprint density at radius 2 is 0.600 bits per heavy atom. The Kier molecular flexibility index (Phi) is 53100. The van der Waals surface area contributed by atoms with Gasteiger partial charge in [0.05, 0.1) is 0 Å². The Bertz CT molecular complexity index is 3.61. The molecule has 0 aromatic carbocycles. The monoisotopic (exact) mass is 94.0 g/mol. The summed E-state index contributed by atoms with van der Waals surface area (Å²) in [6.45, 7) is 0. The Hall–Kier alpha value is 0.372. The Morgan fingerprint density at radius 1 is 0.600 bits per heavy atom. The minimum absolute atomic E-state index is 0. The molecule has 5 heavy (non-hydrogen) atoms. The van der Waals surface area contributed by atoms with Crippen LogP contribution in [-0.4, -0.2) is 33.8 Å². The van der Waals surface area contributed by atoms with Gasteiger partial charge in [0.1, 0.15) is 0 Å². The molecule has 0 rings (SSSR count). The molecule has 5 heteroatoms. The van der Waals surface area contributed by atoms with E-state index in [1.165, 1.54) is 0 Å². The van der Waals surface area contributed by atoms with E-state index in [4.69, 9.17) is 0 Å². The van der Waals surface area contributed by atoms with E-state index in [-0.39, 0.29) is 39.3 Å². The third-order valence-corrected chi connectivity index (χ3v) is 0. The van der Waals surface area contributed by atoms with Gasteiger partial charge in [-0.25, -0.2) is 0 Å². The molecule has 0 unspecified atom stereocenters. The molecule has 0 aromatic rings. The van der Waals surface area contributed by atoms with Gasteiger partial charge in [0.15, 0.2) is 0 Å². The van der Waals surface area contributed by atoms with E-state index in [1.807, 2.05) is 0 Å². The van der Waals surface area contributed by atoms with E-state index in [0.717, 1.165) is 0 Å². The largest absolute Gasteiger partial charge is 3.00 e. The zero-order valence-electron chi connectivity index (χ0n) is 2.33. The fraction of sp³-hybridized carbons (Fsp3) is 0. The molecule has 0 saturated heterocycles. The third kappa shape index (κ3) is 177. The second-order valence-corrected chi connectivity index (χ2v) is 0. The molecule has 0 saturated carbocycles. The molecule has 0 heterocycles. The molecule has 0 aromatic heterocycles. The summed E-state index contributed by atoms with van der Waals surface area (Å²) in [4.78, 5) is 0. The van der Waals surface area contributed by atoms with Crippen LogP contribution in [0, 0.1) is 0 Å². The van der Waals surface area contributed by atoms with E-state index in [0.29, 0.717) is 0 Å². The van der Waals surface area contributed by atoms with Crippen molar-refractivity contribution in [1.29, 1.82) is 0 Å². The molecule has 0 aliphatic rings. The molecule has 0 fully saturated rings. The van der Waals surface area contributed by atoms with Crippen molar-refractivity contribution in [2.24, 2.45) is 0 Å². The normalized spacial score (nSPS) is 0. The van der Waals surface area contributed by atoms with Crippen molar-refractivity contribution in [3.63, 3.8) is 0 Å². The molecule has 0 amide bonds. The van der Waals surface area contributed by atoms with Gasteiger partial charge in [-0.3, -0.25) is 0 Å². The molecule has 0 aliphatic carbocycles. The third-order valence-electron chi connectivity index (χ3n) is 0. The van der Waals surface area contributed by atoms with Crippen molar-refractivity contribution in [3.8, 4) is 0 Å². The van der Waals surface area contributed by atoms with Gasteiger partial charge < -0.3 is 16.4 Å². The summed E-state index contributed by atoms with van der Waals surface area (Å²) in [5.41, 5.74) is 0. The maximum atomic E-state index is 0. The molecule has 0 atom stereocenters. The predicted octanol–water partition coefficient (Wildman–Crippen LogP) is -1.03. The Labute approximate surface area is 40.2 Å². The molecular weight excluding hydrogens is 91.0 g/mol. The summed E-state index contributed by atoms with van der Waals surface area (Å²) in [5.74, 6) is 0. The molecule has 0 aliphatic heterocycles. The average Bonchev–Trinajstić information content (AvgIpc) is 0. The van der Waals surface area contributed by atoms with Crippen LogP contribution in [-0.2, 0) is 5.48 Å². The first-order valence-electron chi connectivity index (χ1n) is 0. The van der Waals surface area contributed by atoms with E-state index in [1.54, 1.807) is 0 Å². The van der Waals surface area contributed by atoms with Crippen LogP contribution in [0.15, 0.2) is 0 Å². The van der Waals surface area contributed by atoms with Gasteiger partial charge in [0, 0.05) is 5.48 Å². The topological polar surface area (TPSA) is 118 Å². The van der Waals surface area contributed by atoms with Gasteiger partial charge in [-0.2, -0.15) is 0 Å². The molecule has 30 valence electrons. The van der Waals surface area contributed by atoms with Gasteiger partial charge in [-0.1, -0.05) is 0 Å². The van der Waals surface area contributed by atoms with E-state index < -0.39 is 0 Å². The molecule has 0 bridgehead atoms. The molecule has 4 nitrogen and oxygen atoms in total. The predicted molar refractivity (Wildman–Crippen MR) is 12.2 cm³/mol. The zero-order chi connectivity index (χ0) is 0. The van der Waals surface area contributed by atoms with Gasteiger partial charge in [-0.05, 0) is 0 Å². The standard InChI is InChI=1S/Al.3H2O.O/h;3*1H2;/q+3;;;;/p-3. The van der Waals surface area contributed by atoms with Crippen LogP contribution in [0.25, 0.3) is 0 Å². The number of rotatable bonds is 0. The SMILES string of the molecule is [Al+3].[OH-].[OH-].[OH-].[O]. The van der Waals surface area contributed by atoms with E-state index >= 15 is 0 Å². The van der Waals surface area contributed by atoms with E-state index in [2.05, 4.69) is 0 Å². The first-order chi connectivity index (χ1) is 0. The van der Waals surface area contributed by atoms with Crippen molar-refractivity contribution in [3.05, 3.63) is 0 Å². The second kappa shape index (κ2) is 358. The van der Waals surface area contributed by atoms with Crippen LogP contribution in [0.2, 0.25) is 0 Å². The number of hydrogen-bond acceptors (Lipinski definition) is 3. The van der Waals surface area contributed by atoms with Crippen molar-refractivity contribution < 1.29 is 21.9 Å². The summed E-state index contributed by atoms with van der Waals surface area (Å²) in [7, 11) is 0. The first-order valence-corrected chi connectivity index (χ1v) is 0. The minimum atomic E-state index is 0. The van der Waals surface area contributed by atoms with Crippen LogP contribution >= 0.6 is 0 Å². The van der Waals surface area contributed by atoms with Gasteiger partial charge in [0.25, 0.3) is 0 Å². The van der Waals surface area contributed by atoms with Crippen LogP contribution < -0.4 is 0 Å². The average molecular weight is 94.0 g/mol. The maximum Gasteiger partial charge on any atom is 3.00 e. The molecule has 2 radical (unpaired) electrons. The van der Waals surface area contributed by atoms with E-state index in [9.17, 15) is 0 Å². The van der Waals surface area contributed by atoms with Gasteiger partial charge >= 0.3 is 17.4 Å². The fourth-order valence-electron chi connectivity index (χ4n) is 0. The summed E-state index contributed by atoms with van der Waals surface area (Å²) >= 11 is 0. The smallest absolute Gasteiger partial charge is 0.870 e. The molecular formula is H3AlO4. The van der Waals surface area contributed by atoms with Crippen molar-refractivity contribution >= 4 is 17.4 Å². The zero-order valence-corrected chi connectivity index (χ0v) is 3.48. The summed E-state index contributed by atoms with van der Waals surface area (Å²) < 4.78 is 0. The second-order valence-electron chi connectivity index (χ2n) is 0. The van der Waals surface area contributed by atoms with Gasteiger partial charge in [-0.15, -0.1) is 0 Å². The molecule has 0 spiro atoms. The maximum absolute atomic E-state index is 0. The van der Waals surface area contributed by atoms with Crippen molar-refractivity contribution in [2.45, 2.75) is 0 Å². The fourth-order valence-corrected chi connectivity index (χ4v) is 0. The van der Waals surface area contributed by atoms with Crippen molar-refractivity contribution in [1.82, 2.24) is 0 Å². The van der Waals surface area contributed by atoms with Gasteiger partial charge in [0.2, 0.25) is 0 Å². The summed E-state index contributed by atoms with van der Waals surface area (Å²) in [5, 5.41) is 0. The van der Waals surface area contributed by atoms with Crippen LogP contribution in [0.4, 0.5) is 0 Å².